The number of pyridine rings is 2. The van der Waals surface area contributed by atoms with E-state index in [0.29, 0.717) is 5.65 Å². The van der Waals surface area contributed by atoms with Crippen LogP contribution >= 0.6 is 0 Å². The zero-order valence-corrected chi connectivity index (χ0v) is 23.4. The Bertz CT molecular complexity index is 1510. The molecule has 5 rings (SSSR count). The van der Waals surface area contributed by atoms with Gasteiger partial charge in [-0.15, -0.1) is 0 Å². The van der Waals surface area contributed by atoms with Crippen LogP contribution < -0.4 is 5.32 Å². The number of allylic oxidation sites excluding steroid dienone is 4. The quantitative estimate of drug-likeness (QED) is 0.226. The number of aromatic nitrogens is 5. The van der Waals surface area contributed by atoms with E-state index in [1.54, 1.807) is 0 Å². The number of piperazine rings is 1. The Morgan fingerprint density at radius 2 is 1.90 bits per heavy atom. The van der Waals surface area contributed by atoms with E-state index in [0.717, 1.165) is 84.0 Å². The molecule has 39 heavy (non-hydrogen) atoms. The average molecular weight is 523 g/mol. The summed E-state index contributed by atoms with van der Waals surface area (Å²) >= 11 is 0. The van der Waals surface area contributed by atoms with E-state index < -0.39 is 0 Å². The highest BCUT2D eigenvalue weighted by Crippen LogP contribution is 2.33. The van der Waals surface area contributed by atoms with Gasteiger partial charge < -0.3 is 20.1 Å². The summed E-state index contributed by atoms with van der Waals surface area (Å²) < 4.78 is 0. The fourth-order valence-corrected chi connectivity index (χ4v) is 5.06. The second-order valence-corrected chi connectivity index (χ2v) is 10.2. The van der Waals surface area contributed by atoms with Gasteiger partial charge in [0.2, 0.25) is 0 Å². The summed E-state index contributed by atoms with van der Waals surface area (Å²) in [4.78, 5) is 17.6. The highest BCUT2D eigenvalue weighted by atomic mass is 15.3. The standard InChI is InChI=1S/C31H38N8/c1-6-8-10-29(39-13-11-38(5)12-14-39)26-17-28(35-22(26)4)30-27-16-24(19-33-31(27)37-36-30)23-15-25(20-32-18-23)34-21(3)9-7-2/h6,8,10,15-20,34-35H,3,7,9,11-14H2,1-2,4-5H3,(H,33,36,37)/b8-6-,29-10+. The Hall–Kier alpha value is -4.17. The number of aromatic amines is 2. The highest BCUT2D eigenvalue weighted by molar-refractivity contribution is 5.93. The van der Waals surface area contributed by atoms with Crippen LogP contribution in [0.25, 0.3) is 39.2 Å². The van der Waals surface area contributed by atoms with E-state index in [-0.39, 0.29) is 0 Å². The van der Waals surface area contributed by atoms with Gasteiger partial charge in [0, 0.05) is 77.7 Å². The molecule has 8 heteroatoms. The molecule has 5 heterocycles. The summed E-state index contributed by atoms with van der Waals surface area (Å²) in [6.45, 7) is 14.6. The van der Waals surface area contributed by atoms with Gasteiger partial charge in [-0.05, 0) is 51.6 Å². The average Bonchev–Trinajstić information content (AvgIpc) is 3.53. The first-order chi connectivity index (χ1) is 19.0. The van der Waals surface area contributed by atoms with Gasteiger partial charge in [-0.1, -0.05) is 32.1 Å². The van der Waals surface area contributed by atoms with Crippen LogP contribution in [0.4, 0.5) is 5.69 Å². The van der Waals surface area contributed by atoms with Crippen LogP contribution in [0, 0.1) is 6.92 Å². The van der Waals surface area contributed by atoms with Crippen molar-refractivity contribution in [3.05, 3.63) is 78.6 Å². The predicted octanol–water partition coefficient (Wildman–Crippen LogP) is 6.21. The lowest BCUT2D eigenvalue weighted by atomic mass is 10.1. The minimum absolute atomic E-state index is 0.685. The number of anilines is 1. The van der Waals surface area contributed by atoms with Crippen molar-refractivity contribution in [1.29, 1.82) is 0 Å². The third-order valence-corrected chi connectivity index (χ3v) is 7.20. The molecule has 0 spiro atoms. The maximum Gasteiger partial charge on any atom is 0.181 e. The molecule has 0 saturated carbocycles. The van der Waals surface area contributed by atoms with Crippen LogP contribution in [-0.4, -0.2) is 68.2 Å². The molecule has 0 amide bonds. The molecule has 3 N–H and O–H groups in total. The molecular formula is C31H38N8. The van der Waals surface area contributed by atoms with Gasteiger partial charge in [0.15, 0.2) is 5.65 Å². The zero-order valence-electron chi connectivity index (χ0n) is 23.4. The first kappa shape index (κ1) is 26.4. The molecular weight excluding hydrogens is 484 g/mol. The van der Waals surface area contributed by atoms with Crippen molar-refractivity contribution in [3.63, 3.8) is 0 Å². The number of rotatable bonds is 9. The normalized spacial score (nSPS) is 15.0. The van der Waals surface area contributed by atoms with E-state index >= 15 is 0 Å². The summed E-state index contributed by atoms with van der Waals surface area (Å²) in [5.74, 6) is 0. The van der Waals surface area contributed by atoms with Crippen molar-refractivity contribution in [2.45, 2.75) is 33.6 Å². The Kier molecular flexibility index (Phi) is 7.93. The lowest BCUT2D eigenvalue weighted by Gasteiger charge is -2.35. The number of hydrogen-bond donors (Lipinski definition) is 3. The van der Waals surface area contributed by atoms with Crippen molar-refractivity contribution in [1.82, 2.24) is 34.9 Å². The summed E-state index contributed by atoms with van der Waals surface area (Å²) in [5, 5.41) is 12.1. The Labute approximate surface area is 230 Å². The van der Waals surface area contributed by atoms with Gasteiger partial charge >= 0.3 is 0 Å². The van der Waals surface area contributed by atoms with Crippen LogP contribution in [0.3, 0.4) is 0 Å². The van der Waals surface area contributed by atoms with Gasteiger partial charge in [-0.3, -0.25) is 10.1 Å². The smallest absolute Gasteiger partial charge is 0.181 e. The van der Waals surface area contributed by atoms with Gasteiger partial charge in [0.05, 0.1) is 23.3 Å². The summed E-state index contributed by atoms with van der Waals surface area (Å²) in [6.07, 6.45) is 13.9. The lowest BCUT2D eigenvalue weighted by Crippen LogP contribution is -2.43. The van der Waals surface area contributed by atoms with Gasteiger partial charge in [0.25, 0.3) is 0 Å². The maximum atomic E-state index is 4.65. The second kappa shape index (κ2) is 11.7. The molecule has 0 radical (unpaired) electrons. The van der Waals surface area contributed by atoms with E-state index in [9.17, 15) is 0 Å². The molecule has 4 aromatic rings. The van der Waals surface area contributed by atoms with Crippen LogP contribution in [0.5, 0.6) is 0 Å². The Morgan fingerprint density at radius 1 is 1.10 bits per heavy atom. The van der Waals surface area contributed by atoms with E-state index in [1.165, 1.54) is 11.3 Å². The van der Waals surface area contributed by atoms with Gasteiger partial charge in [-0.25, -0.2) is 4.98 Å². The summed E-state index contributed by atoms with van der Waals surface area (Å²) in [6, 6.07) is 6.45. The molecule has 1 fully saturated rings. The fraction of sp³-hybridized carbons (Fsp3) is 0.323. The molecule has 1 saturated heterocycles. The topological polar surface area (TPSA) is 88.8 Å². The van der Waals surface area contributed by atoms with Crippen LogP contribution in [0.2, 0.25) is 0 Å². The molecule has 0 aromatic carbocycles. The summed E-state index contributed by atoms with van der Waals surface area (Å²) in [5.41, 5.74) is 10.1. The largest absolute Gasteiger partial charge is 0.368 e. The van der Waals surface area contributed by atoms with Crippen LogP contribution in [-0.2, 0) is 0 Å². The van der Waals surface area contributed by atoms with Crippen molar-refractivity contribution < 1.29 is 0 Å². The van der Waals surface area contributed by atoms with Crippen molar-refractivity contribution in [2.75, 3.05) is 38.5 Å². The van der Waals surface area contributed by atoms with E-state index in [4.69, 9.17) is 0 Å². The minimum atomic E-state index is 0.685. The maximum absolute atomic E-state index is 4.65. The second-order valence-electron chi connectivity index (χ2n) is 10.2. The Morgan fingerprint density at radius 3 is 2.67 bits per heavy atom. The van der Waals surface area contributed by atoms with Gasteiger partial charge in [-0.2, -0.15) is 5.10 Å². The first-order valence-electron chi connectivity index (χ1n) is 13.7. The molecule has 202 valence electrons. The monoisotopic (exact) mass is 522 g/mol. The number of aryl methyl sites for hydroxylation is 1. The number of likely N-dealkylation sites (N-methyl/N-ethyl adjacent to an activating group) is 1. The van der Waals surface area contributed by atoms with E-state index in [2.05, 4.69) is 111 Å². The molecule has 8 nitrogen and oxygen atoms in total. The van der Waals surface area contributed by atoms with Crippen molar-refractivity contribution in [3.8, 4) is 22.5 Å². The SMILES string of the molecule is C=C(CCC)Nc1cncc(-c2cnc3n[nH]c(-c4cc(/C(=C\C=C/C)N5CCN(C)CC5)c(C)[nH]4)c3c2)c1. The molecule has 0 aliphatic carbocycles. The molecule has 4 aromatic heterocycles. The fourth-order valence-electron chi connectivity index (χ4n) is 5.06. The van der Waals surface area contributed by atoms with Gasteiger partial charge in [0.1, 0.15) is 0 Å². The predicted molar refractivity (Wildman–Crippen MR) is 161 cm³/mol. The summed E-state index contributed by atoms with van der Waals surface area (Å²) in [7, 11) is 2.18. The molecule has 1 aliphatic heterocycles. The molecule has 0 unspecified atom stereocenters. The minimum Gasteiger partial charge on any atom is -0.368 e. The zero-order chi connectivity index (χ0) is 27.4. The third-order valence-electron chi connectivity index (χ3n) is 7.20. The number of fused-ring (bicyclic) bond motifs is 1. The number of nitrogens with zero attached hydrogens (tertiary/aromatic N) is 5. The Balaban J connectivity index is 1.49. The van der Waals surface area contributed by atoms with Crippen molar-refractivity contribution in [2.24, 2.45) is 0 Å². The molecule has 0 atom stereocenters. The van der Waals surface area contributed by atoms with Crippen molar-refractivity contribution >= 4 is 22.4 Å². The van der Waals surface area contributed by atoms with E-state index in [1.807, 2.05) is 18.6 Å². The van der Waals surface area contributed by atoms with Crippen LogP contribution in [0.1, 0.15) is 37.9 Å². The number of hydrogen-bond acceptors (Lipinski definition) is 6. The first-order valence-corrected chi connectivity index (χ1v) is 13.7. The molecule has 0 bridgehead atoms. The highest BCUT2D eigenvalue weighted by Gasteiger charge is 2.21. The van der Waals surface area contributed by atoms with Crippen LogP contribution in [0.15, 0.2) is 67.3 Å². The number of H-pyrrole nitrogens is 2. The number of nitrogens with one attached hydrogen (secondary N) is 3. The third kappa shape index (κ3) is 5.81. The molecule has 1 aliphatic rings. The lowest BCUT2D eigenvalue weighted by molar-refractivity contribution is 0.207.